The fraction of sp³-hybridized carbons (Fsp3) is 0.667. The van der Waals surface area contributed by atoms with E-state index in [1.54, 1.807) is 7.11 Å². The van der Waals surface area contributed by atoms with Crippen LogP contribution in [0.15, 0.2) is 18.2 Å². The molecule has 3 heteroatoms. The molecule has 120 valence electrons. The number of benzene rings is 1. The van der Waals surface area contributed by atoms with Gasteiger partial charge in [0.05, 0.1) is 7.11 Å². The molecule has 0 amide bonds. The Morgan fingerprint density at radius 1 is 1.14 bits per heavy atom. The molecule has 0 aliphatic carbocycles. The third kappa shape index (κ3) is 5.01. The van der Waals surface area contributed by atoms with Crippen molar-refractivity contribution in [2.24, 2.45) is 23.5 Å². The van der Waals surface area contributed by atoms with E-state index < -0.39 is 0 Å². The summed E-state index contributed by atoms with van der Waals surface area (Å²) < 4.78 is 5.32. The second kappa shape index (κ2) is 8.40. The predicted octanol–water partition coefficient (Wildman–Crippen LogP) is 3.52. The van der Waals surface area contributed by atoms with Crippen LogP contribution in [0.4, 0.5) is 0 Å². The Morgan fingerprint density at radius 3 is 2.19 bits per heavy atom. The molecule has 0 saturated carbocycles. The first-order valence-corrected chi connectivity index (χ1v) is 7.98. The number of hydrogen-bond acceptors (Lipinski definition) is 3. The van der Waals surface area contributed by atoms with Crippen LogP contribution in [-0.2, 0) is 0 Å². The van der Waals surface area contributed by atoms with Gasteiger partial charge in [0, 0.05) is 12.6 Å². The zero-order valence-electron chi connectivity index (χ0n) is 14.4. The monoisotopic (exact) mass is 292 g/mol. The fourth-order valence-electron chi connectivity index (χ4n) is 2.98. The molecule has 21 heavy (non-hydrogen) atoms. The fourth-order valence-corrected chi connectivity index (χ4v) is 2.98. The van der Waals surface area contributed by atoms with Gasteiger partial charge >= 0.3 is 0 Å². The predicted molar refractivity (Wildman–Crippen MR) is 90.7 cm³/mol. The summed E-state index contributed by atoms with van der Waals surface area (Å²) in [5, 5.41) is 3.65. The highest BCUT2D eigenvalue weighted by Crippen LogP contribution is 2.24. The molecule has 1 aromatic rings. The minimum absolute atomic E-state index is 0.203. The molecule has 1 atom stereocenters. The van der Waals surface area contributed by atoms with E-state index in [9.17, 15) is 0 Å². The van der Waals surface area contributed by atoms with E-state index in [0.717, 1.165) is 17.9 Å². The lowest BCUT2D eigenvalue weighted by Crippen LogP contribution is -2.35. The molecule has 1 unspecified atom stereocenters. The zero-order valence-corrected chi connectivity index (χ0v) is 14.4. The molecule has 0 radical (unpaired) electrons. The lowest BCUT2D eigenvalue weighted by Gasteiger charge is -2.28. The average Bonchev–Trinajstić information content (AvgIpc) is 2.42. The first kappa shape index (κ1) is 18.0. The van der Waals surface area contributed by atoms with Crippen LogP contribution in [0.25, 0.3) is 0 Å². The van der Waals surface area contributed by atoms with Crippen molar-refractivity contribution in [1.29, 1.82) is 0 Å². The summed E-state index contributed by atoms with van der Waals surface area (Å²) in [6.45, 7) is 12.9. The van der Waals surface area contributed by atoms with Crippen molar-refractivity contribution in [3.05, 3.63) is 29.3 Å². The molecule has 0 aliphatic heterocycles. The van der Waals surface area contributed by atoms with Crippen LogP contribution >= 0.6 is 0 Å². The van der Waals surface area contributed by atoms with E-state index in [-0.39, 0.29) is 6.04 Å². The number of nitrogens with two attached hydrogens (primary N) is 1. The quantitative estimate of drug-likeness (QED) is 0.770. The smallest absolute Gasteiger partial charge is 0.121 e. The summed E-state index contributed by atoms with van der Waals surface area (Å²) in [5.74, 6) is 2.94. The van der Waals surface area contributed by atoms with Crippen molar-refractivity contribution < 1.29 is 4.74 Å². The Bertz CT molecular complexity index is 421. The highest BCUT2D eigenvalue weighted by atomic mass is 16.5. The van der Waals surface area contributed by atoms with Crippen molar-refractivity contribution >= 4 is 0 Å². The molecule has 1 rings (SSSR count). The maximum Gasteiger partial charge on any atom is 0.121 e. The van der Waals surface area contributed by atoms with E-state index in [1.807, 2.05) is 6.07 Å². The summed E-state index contributed by atoms with van der Waals surface area (Å²) in [7, 11) is 1.70. The minimum Gasteiger partial charge on any atom is -0.496 e. The van der Waals surface area contributed by atoms with Crippen LogP contribution < -0.4 is 15.8 Å². The van der Waals surface area contributed by atoms with Crippen LogP contribution in [0.2, 0.25) is 0 Å². The van der Waals surface area contributed by atoms with Crippen molar-refractivity contribution in [1.82, 2.24) is 5.32 Å². The summed E-state index contributed by atoms with van der Waals surface area (Å²) in [6, 6.07) is 6.51. The second-order valence-corrected chi connectivity index (χ2v) is 6.58. The van der Waals surface area contributed by atoms with Gasteiger partial charge in [0.25, 0.3) is 0 Å². The second-order valence-electron chi connectivity index (χ2n) is 6.58. The minimum atomic E-state index is 0.203. The number of hydrogen-bond donors (Lipinski definition) is 2. The molecule has 0 bridgehead atoms. The highest BCUT2D eigenvalue weighted by molar-refractivity contribution is 5.37. The van der Waals surface area contributed by atoms with Crippen LogP contribution in [-0.4, -0.2) is 20.2 Å². The van der Waals surface area contributed by atoms with Gasteiger partial charge in [-0.25, -0.2) is 0 Å². The van der Waals surface area contributed by atoms with Crippen LogP contribution in [0.1, 0.15) is 44.9 Å². The Kier molecular flexibility index (Phi) is 7.20. The molecule has 0 aliphatic rings. The maximum atomic E-state index is 5.97. The van der Waals surface area contributed by atoms with Crippen molar-refractivity contribution in [2.45, 2.75) is 40.7 Å². The molecular weight excluding hydrogens is 260 g/mol. The van der Waals surface area contributed by atoms with Crippen LogP contribution in [0.3, 0.4) is 0 Å². The van der Waals surface area contributed by atoms with Crippen molar-refractivity contribution in [3.8, 4) is 5.75 Å². The highest BCUT2D eigenvalue weighted by Gasteiger charge is 2.19. The lowest BCUT2D eigenvalue weighted by molar-refractivity contribution is 0.266. The van der Waals surface area contributed by atoms with Crippen molar-refractivity contribution in [3.63, 3.8) is 0 Å². The average molecular weight is 292 g/mol. The van der Waals surface area contributed by atoms with Crippen LogP contribution in [0, 0.1) is 24.7 Å². The SMILES string of the molecule is COc1ccc(C(CN)NCC(C(C)C)C(C)C)cc1C. The van der Waals surface area contributed by atoms with E-state index >= 15 is 0 Å². The van der Waals surface area contributed by atoms with Gasteiger partial charge in [-0.15, -0.1) is 0 Å². The van der Waals surface area contributed by atoms with Crippen molar-refractivity contribution in [2.75, 3.05) is 20.2 Å². The Morgan fingerprint density at radius 2 is 1.76 bits per heavy atom. The third-order valence-corrected chi connectivity index (χ3v) is 4.37. The number of ether oxygens (including phenoxy) is 1. The van der Waals surface area contributed by atoms with E-state index in [0.29, 0.717) is 24.3 Å². The molecule has 0 saturated heterocycles. The summed E-state index contributed by atoms with van der Waals surface area (Å²) >= 11 is 0. The van der Waals surface area contributed by atoms with Gasteiger partial charge in [0.2, 0.25) is 0 Å². The van der Waals surface area contributed by atoms with Gasteiger partial charge in [-0.3, -0.25) is 0 Å². The molecule has 3 N–H and O–H groups in total. The summed E-state index contributed by atoms with van der Waals surface area (Å²) in [5.41, 5.74) is 8.36. The Hall–Kier alpha value is -1.06. The van der Waals surface area contributed by atoms with E-state index in [1.165, 1.54) is 5.56 Å². The largest absolute Gasteiger partial charge is 0.496 e. The van der Waals surface area contributed by atoms with Gasteiger partial charge < -0.3 is 15.8 Å². The number of aryl methyl sites for hydroxylation is 1. The Balaban J connectivity index is 2.77. The third-order valence-electron chi connectivity index (χ3n) is 4.37. The standard InChI is InChI=1S/C18H32N2O/c1-12(2)16(13(3)4)11-20-17(10-19)15-7-8-18(21-6)14(5)9-15/h7-9,12-13,16-17,20H,10-11,19H2,1-6H3. The lowest BCUT2D eigenvalue weighted by atomic mass is 9.85. The number of methoxy groups -OCH3 is 1. The Labute approximate surface area is 130 Å². The van der Waals surface area contributed by atoms with Gasteiger partial charge in [-0.05, 0) is 48.4 Å². The normalized spacial score (nSPS) is 13.2. The first-order valence-electron chi connectivity index (χ1n) is 7.98. The topological polar surface area (TPSA) is 47.3 Å². The molecule has 0 spiro atoms. The maximum absolute atomic E-state index is 5.97. The molecule has 3 nitrogen and oxygen atoms in total. The first-order chi connectivity index (χ1) is 9.90. The number of rotatable bonds is 8. The van der Waals surface area contributed by atoms with E-state index in [2.05, 4.69) is 52.1 Å². The molecule has 0 aromatic heterocycles. The van der Waals surface area contributed by atoms with Gasteiger partial charge in [0.1, 0.15) is 5.75 Å². The number of nitrogens with one attached hydrogen (secondary N) is 1. The van der Waals surface area contributed by atoms with Gasteiger partial charge in [-0.2, -0.15) is 0 Å². The van der Waals surface area contributed by atoms with Gasteiger partial charge in [-0.1, -0.05) is 39.8 Å². The van der Waals surface area contributed by atoms with Crippen LogP contribution in [0.5, 0.6) is 5.75 Å². The van der Waals surface area contributed by atoms with Gasteiger partial charge in [0.15, 0.2) is 0 Å². The molecule has 0 heterocycles. The summed E-state index contributed by atoms with van der Waals surface area (Å²) in [4.78, 5) is 0. The molecule has 0 fully saturated rings. The summed E-state index contributed by atoms with van der Waals surface area (Å²) in [6.07, 6.45) is 0. The molecular formula is C18H32N2O. The molecule has 1 aromatic carbocycles. The zero-order chi connectivity index (χ0) is 16.0. The van der Waals surface area contributed by atoms with E-state index in [4.69, 9.17) is 10.5 Å².